The third-order valence-electron chi connectivity index (χ3n) is 5.59. The van der Waals surface area contributed by atoms with Crippen LogP contribution in [0.5, 0.6) is 5.75 Å². The molecule has 0 aromatic heterocycles. The average Bonchev–Trinajstić information content (AvgIpc) is 2.75. The van der Waals surface area contributed by atoms with Crippen molar-refractivity contribution >= 4 is 41.5 Å². The standard InChI is InChI=1S/C23H30ClN3O2.HI/c1-17-7-8-18(21(13-17)28-3)15-26-22(25-2)27-16-23(9-11-29-12-10-23)19-5-4-6-20(24)14-19;/h4-8,13-14H,9-12,15-16H2,1-3H3,(H2,25,26,27);1H. The second kappa shape index (κ2) is 11.8. The van der Waals surface area contributed by atoms with Crippen molar-refractivity contribution in [3.63, 3.8) is 0 Å². The number of aryl methyl sites for hydroxylation is 1. The lowest BCUT2D eigenvalue weighted by Crippen LogP contribution is -2.47. The molecule has 1 saturated heterocycles. The van der Waals surface area contributed by atoms with Crippen LogP contribution in [0.3, 0.4) is 0 Å². The van der Waals surface area contributed by atoms with E-state index in [2.05, 4.69) is 46.8 Å². The molecule has 0 amide bonds. The summed E-state index contributed by atoms with van der Waals surface area (Å²) >= 11 is 6.27. The first-order valence-electron chi connectivity index (χ1n) is 9.98. The van der Waals surface area contributed by atoms with Gasteiger partial charge in [-0.25, -0.2) is 0 Å². The fourth-order valence-corrected chi connectivity index (χ4v) is 3.99. The van der Waals surface area contributed by atoms with Crippen LogP contribution in [-0.2, 0) is 16.7 Å². The number of aliphatic imine (C=N–C) groups is 1. The van der Waals surface area contributed by atoms with E-state index >= 15 is 0 Å². The molecule has 2 aromatic carbocycles. The highest BCUT2D eigenvalue weighted by Crippen LogP contribution is 2.35. The first kappa shape index (κ1) is 24.8. The van der Waals surface area contributed by atoms with Crippen LogP contribution >= 0.6 is 35.6 Å². The fourth-order valence-electron chi connectivity index (χ4n) is 3.80. The molecule has 30 heavy (non-hydrogen) atoms. The molecule has 5 nitrogen and oxygen atoms in total. The summed E-state index contributed by atoms with van der Waals surface area (Å²) in [6.45, 7) is 4.96. The Kier molecular flexibility index (Phi) is 9.71. The van der Waals surface area contributed by atoms with Crippen LogP contribution in [0.2, 0.25) is 5.02 Å². The van der Waals surface area contributed by atoms with Crippen LogP contribution in [0.4, 0.5) is 0 Å². The summed E-state index contributed by atoms with van der Waals surface area (Å²) in [6, 6.07) is 14.4. The number of rotatable bonds is 6. The van der Waals surface area contributed by atoms with Crippen LogP contribution in [-0.4, -0.2) is 39.9 Å². The number of benzene rings is 2. The number of nitrogens with zero attached hydrogens (tertiary/aromatic N) is 1. The Balaban J connectivity index is 0.00000320. The van der Waals surface area contributed by atoms with Crippen molar-refractivity contribution < 1.29 is 9.47 Å². The highest BCUT2D eigenvalue weighted by molar-refractivity contribution is 14.0. The first-order chi connectivity index (χ1) is 14.1. The van der Waals surface area contributed by atoms with Gasteiger partial charge in [-0.15, -0.1) is 24.0 Å². The molecule has 3 rings (SSSR count). The van der Waals surface area contributed by atoms with E-state index in [9.17, 15) is 0 Å². The molecule has 0 radical (unpaired) electrons. The highest BCUT2D eigenvalue weighted by atomic mass is 127. The number of ether oxygens (including phenoxy) is 2. The normalized spacial score (nSPS) is 15.8. The molecule has 0 spiro atoms. The molecule has 1 heterocycles. The SMILES string of the molecule is CN=C(NCc1ccc(C)cc1OC)NCC1(c2cccc(Cl)c2)CCOCC1.I. The molecule has 2 N–H and O–H groups in total. The first-order valence-corrected chi connectivity index (χ1v) is 10.4. The van der Waals surface area contributed by atoms with E-state index < -0.39 is 0 Å². The smallest absolute Gasteiger partial charge is 0.191 e. The van der Waals surface area contributed by atoms with Gasteiger partial charge >= 0.3 is 0 Å². The van der Waals surface area contributed by atoms with Gasteiger partial charge in [-0.05, 0) is 49.1 Å². The van der Waals surface area contributed by atoms with E-state index in [4.69, 9.17) is 21.1 Å². The van der Waals surface area contributed by atoms with Crippen LogP contribution in [0.15, 0.2) is 47.5 Å². The summed E-state index contributed by atoms with van der Waals surface area (Å²) < 4.78 is 11.1. The Bertz CT molecular complexity index is 854. The second-order valence-electron chi connectivity index (χ2n) is 7.50. The topological polar surface area (TPSA) is 54.9 Å². The largest absolute Gasteiger partial charge is 0.496 e. The van der Waals surface area contributed by atoms with Gasteiger partial charge in [-0.1, -0.05) is 35.9 Å². The van der Waals surface area contributed by atoms with Crippen molar-refractivity contribution in [2.24, 2.45) is 4.99 Å². The van der Waals surface area contributed by atoms with E-state index in [1.54, 1.807) is 14.2 Å². The molecule has 1 aliphatic heterocycles. The Labute approximate surface area is 201 Å². The van der Waals surface area contributed by atoms with Gasteiger partial charge < -0.3 is 20.1 Å². The van der Waals surface area contributed by atoms with Crippen molar-refractivity contribution in [1.29, 1.82) is 0 Å². The third-order valence-corrected chi connectivity index (χ3v) is 5.83. The third kappa shape index (κ3) is 6.25. The van der Waals surface area contributed by atoms with Crippen LogP contribution in [0.25, 0.3) is 0 Å². The van der Waals surface area contributed by atoms with Gasteiger partial charge in [0.25, 0.3) is 0 Å². The van der Waals surface area contributed by atoms with Crippen LogP contribution in [0, 0.1) is 6.92 Å². The number of hydrogen-bond donors (Lipinski definition) is 2. The molecule has 1 aliphatic rings. The fraction of sp³-hybridized carbons (Fsp3) is 0.435. The maximum atomic E-state index is 6.27. The molecule has 0 saturated carbocycles. The minimum Gasteiger partial charge on any atom is -0.496 e. The Morgan fingerprint density at radius 2 is 1.93 bits per heavy atom. The van der Waals surface area contributed by atoms with E-state index in [1.807, 2.05) is 18.2 Å². The lowest BCUT2D eigenvalue weighted by Gasteiger charge is -2.38. The lowest BCUT2D eigenvalue weighted by molar-refractivity contribution is 0.0514. The minimum atomic E-state index is -0.0255. The molecule has 2 aromatic rings. The Morgan fingerprint density at radius 1 is 1.17 bits per heavy atom. The van der Waals surface area contributed by atoms with Crippen molar-refractivity contribution in [2.75, 3.05) is 33.9 Å². The molecular formula is C23H31ClIN3O2. The van der Waals surface area contributed by atoms with Gasteiger partial charge in [0.1, 0.15) is 5.75 Å². The van der Waals surface area contributed by atoms with Crippen LogP contribution < -0.4 is 15.4 Å². The molecular weight excluding hydrogens is 513 g/mol. The van der Waals surface area contributed by atoms with Gasteiger partial charge in [0.05, 0.1) is 7.11 Å². The number of nitrogens with one attached hydrogen (secondary N) is 2. The van der Waals surface area contributed by atoms with E-state index in [-0.39, 0.29) is 29.4 Å². The predicted octanol–water partition coefficient (Wildman–Crippen LogP) is 4.69. The molecule has 164 valence electrons. The minimum absolute atomic E-state index is 0. The van der Waals surface area contributed by atoms with Crippen molar-refractivity contribution in [2.45, 2.75) is 31.7 Å². The zero-order valence-corrected chi connectivity index (χ0v) is 20.9. The zero-order valence-electron chi connectivity index (χ0n) is 17.8. The average molecular weight is 544 g/mol. The summed E-state index contributed by atoms with van der Waals surface area (Å²) in [5.74, 6) is 1.65. The maximum Gasteiger partial charge on any atom is 0.191 e. The number of guanidine groups is 1. The summed E-state index contributed by atoms with van der Waals surface area (Å²) in [6.07, 6.45) is 1.90. The second-order valence-corrected chi connectivity index (χ2v) is 7.93. The van der Waals surface area contributed by atoms with E-state index in [1.165, 1.54) is 11.1 Å². The summed E-state index contributed by atoms with van der Waals surface area (Å²) in [5, 5.41) is 7.68. The van der Waals surface area contributed by atoms with Crippen molar-refractivity contribution in [1.82, 2.24) is 10.6 Å². The number of halogens is 2. The van der Waals surface area contributed by atoms with Gasteiger partial charge in [-0.2, -0.15) is 0 Å². The molecule has 0 atom stereocenters. The molecule has 0 bridgehead atoms. The van der Waals surface area contributed by atoms with Gasteiger partial charge in [0.15, 0.2) is 5.96 Å². The molecule has 0 aliphatic carbocycles. The van der Waals surface area contributed by atoms with Gasteiger partial charge in [0, 0.05) is 49.4 Å². The highest BCUT2D eigenvalue weighted by Gasteiger charge is 2.34. The predicted molar refractivity (Wildman–Crippen MR) is 135 cm³/mol. The van der Waals surface area contributed by atoms with Crippen molar-refractivity contribution in [3.05, 3.63) is 64.2 Å². The van der Waals surface area contributed by atoms with Gasteiger partial charge in [0.2, 0.25) is 0 Å². The number of methoxy groups -OCH3 is 1. The zero-order chi connectivity index (χ0) is 20.7. The van der Waals surface area contributed by atoms with E-state index in [0.29, 0.717) is 6.54 Å². The summed E-state index contributed by atoms with van der Waals surface area (Å²) in [4.78, 5) is 4.40. The Morgan fingerprint density at radius 3 is 2.60 bits per heavy atom. The van der Waals surface area contributed by atoms with Gasteiger partial charge in [-0.3, -0.25) is 4.99 Å². The van der Waals surface area contributed by atoms with Crippen LogP contribution in [0.1, 0.15) is 29.5 Å². The molecule has 1 fully saturated rings. The Hall–Kier alpha value is -1.51. The molecule has 7 heteroatoms. The maximum absolute atomic E-state index is 6.27. The van der Waals surface area contributed by atoms with E-state index in [0.717, 1.165) is 54.9 Å². The number of hydrogen-bond acceptors (Lipinski definition) is 3. The molecule has 0 unspecified atom stereocenters. The monoisotopic (exact) mass is 543 g/mol. The quantitative estimate of drug-likeness (QED) is 0.315. The summed E-state index contributed by atoms with van der Waals surface area (Å²) in [7, 11) is 3.49. The van der Waals surface area contributed by atoms with Crippen molar-refractivity contribution in [3.8, 4) is 5.75 Å². The lowest BCUT2D eigenvalue weighted by atomic mass is 9.74. The summed E-state index contributed by atoms with van der Waals surface area (Å²) in [5.41, 5.74) is 3.49.